The molecule has 0 aliphatic heterocycles. The Morgan fingerprint density at radius 3 is 1.83 bits per heavy atom. The van der Waals surface area contributed by atoms with Crippen molar-refractivity contribution in [2.45, 2.75) is 47.0 Å². The Hall–Kier alpha value is -3.54. The average molecular weight is 491 g/mol. The molecule has 6 heteroatoms. The molecule has 0 heterocycles. The minimum Gasteiger partial charge on any atom is -0.449 e. The van der Waals surface area contributed by atoms with E-state index in [4.69, 9.17) is 9.47 Å². The number of nitrogens with one attached hydrogen (secondary N) is 2. The van der Waals surface area contributed by atoms with Gasteiger partial charge in [0.25, 0.3) is 0 Å². The summed E-state index contributed by atoms with van der Waals surface area (Å²) in [5.74, 6) is 0.199. The monoisotopic (exact) mass is 490 g/mol. The van der Waals surface area contributed by atoms with Gasteiger partial charge in [0, 0.05) is 16.8 Å². The summed E-state index contributed by atoms with van der Waals surface area (Å²) in [5, 5.41) is 5.54. The predicted octanol–water partition coefficient (Wildman–Crippen LogP) is 7.82. The molecule has 0 aromatic heterocycles. The van der Waals surface area contributed by atoms with E-state index in [-0.39, 0.29) is 25.0 Å². The van der Waals surface area contributed by atoms with Crippen molar-refractivity contribution < 1.29 is 19.1 Å². The number of hydrogen-bond acceptors (Lipinski definition) is 4. The van der Waals surface area contributed by atoms with E-state index in [1.165, 1.54) is 11.1 Å². The fourth-order valence-corrected chi connectivity index (χ4v) is 4.70. The molecule has 0 saturated heterocycles. The Morgan fingerprint density at radius 1 is 0.889 bits per heavy atom. The van der Waals surface area contributed by atoms with Crippen molar-refractivity contribution in [3.8, 4) is 0 Å². The number of rotatable bonds is 9. The Labute approximate surface area is 214 Å². The van der Waals surface area contributed by atoms with Gasteiger partial charge in [-0.2, -0.15) is 0 Å². The van der Waals surface area contributed by atoms with Crippen molar-refractivity contribution >= 4 is 23.6 Å². The van der Waals surface area contributed by atoms with Crippen LogP contribution in [0.1, 0.15) is 47.0 Å². The standard InChI is InChI=1S/C30H38N2O4/c1-22(2)12-11-13-25-18-23(3)30(24(4)19-25,20-35-28(33)31-26-14-7-5-8-15-26)21-36-29(34)32-27-16-9-6-10-17-27/h5-10,12,14-18,23-24H,11,13,19-21H2,1-4H3,(H,31,33)(H,32,34)/t23-,24+/m1/s1. The Balaban J connectivity index is 1.71. The molecule has 2 aromatic carbocycles. The number of benzene rings is 2. The van der Waals surface area contributed by atoms with Crippen LogP contribution < -0.4 is 10.6 Å². The van der Waals surface area contributed by atoms with Gasteiger partial charge >= 0.3 is 12.2 Å². The van der Waals surface area contributed by atoms with Gasteiger partial charge in [0.1, 0.15) is 13.2 Å². The van der Waals surface area contributed by atoms with Gasteiger partial charge in [0.05, 0.1) is 0 Å². The summed E-state index contributed by atoms with van der Waals surface area (Å²) in [6, 6.07) is 18.4. The maximum atomic E-state index is 12.6. The summed E-state index contributed by atoms with van der Waals surface area (Å²) in [6.07, 6.45) is 6.36. The zero-order valence-electron chi connectivity index (χ0n) is 21.8. The normalized spacial score (nSPS) is 18.4. The highest BCUT2D eigenvalue weighted by Crippen LogP contribution is 2.46. The summed E-state index contributed by atoms with van der Waals surface area (Å²) in [7, 11) is 0. The fraction of sp³-hybridized carbons (Fsp3) is 0.400. The van der Waals surface area contributed by atoms with Crippen LogP contribution in [0.2, 0.25) is 0 Å². The van der Waals surface area contributed by atoms with E-state index in [1.54, 1.807) is 24.3 Å². The van der Waals surface area contributed by atoms with Gasteiger partial charge in [0.15, 0.2) is 0 Å². The maximum Gasteiger partial charge on any atom is 0.411 e. The van der Waals surface area contributed by atoms with Crippen LogP contribution in [-0.2, 0) is 9.47 Å². The van der Waals surface area contributed by atoms with Gasteiger partial charge in [-0.25, -0.2) is 9.59 Å². The average Bonchev–Trinajstić information content (AvgIpc) is 2.84. The van der Waals surface area contributed by atoms with E-state index >= 15 is 0 Å². The number of amides is 2. The largest absolute Gasteiger partial charge is 0.449 e. The Bertz CT molecular complexity index is 1000. The van der Waals surface area contributed by atoms with Crippen molar-refractivity contribution in [3.05, 3.63) is 84.0 Å². The molecule has 1 aliphatic rings. The van der Waals surface area contributed by atoms with Crippen LogP contribution in [0.4, 0.5) is 21.0 Å². The molecule has 192 valence electrons. The number of para-hydroxylation sites is 2. The van der Waals surface area contributed by atoms with Crippen LogP contribution in [0, 0.1) is 17.3 Å². The van der Waals surface area contributed by atoms with Crippen LogP contribution in [0.3, 0.4) is 0 Å². The van der Waals surface area contributed by atoms with Crippen molar-refractivity contribution in [2.75, 3.05) is 23.8 Å². The van der Waals surface area contributed by atoms with E-state index in [0.29, 0.717) is 11.4 Å². The van der Waals surface area contributed by atoms with Gasteiger partial charge < -0.3 is 9.47 Å². The third kappa shape index (κ3) is 7.74. The fourth-order valence-electron chi connectivity index (χ4n) is 4.70. The SMILES string of the molecule is CC(C)=CCCC1=C[C@@H](C)C(COC(=O)Nc2ccccc2)(COC(=O)Nc2ccccc2)[C@@H](C)C1. The highest BCUT2D eigenvalue weighted by Gasteiger charge is 2.46. The first-order chi connectivity index (χ1) is 17.3. The predicted molar refractivity (Wildman–Crippen MR) is 145 cm³/mol. The van der Waals surface area contributed by atoms with Gasteiger partial charge in [-0.1, -0.05) is 73.5 Å². The second kappa shape index (κ2) is 13.0. The summed E-state index contributed by atoms with van der Waals surface area (Å²) in [6.45, 7) is 8.78. The highest BCUT2D eigenvalue weighted by atomic mass is 16.6. The number of carbonyl (C=O) groups is 2. The summed E-state index contributed by atoms with van der Waals surface area (Å²) < 4.78 is 11.5. The van der Waals surface area contributed by atoms with E-state index in [2.05, 4.69) is 50.5 Å². The maximum absolute atomic E-state index is 12.6. The molecule has 2 atom stereocenters. The molecule has 3 rings (SSSR count). The molecule has 1 aliphatic carbocycles. The van der Waals surface area contributed by atoms with Crippen molar-refractivity contribution in [1.82, 2.24) is 0 Å². The highest BCUT2D eigenvalue weighted by molar-refractivity contribution is 5.85. The first kappa shape index (κ1) is 27.1. The van der Waals surface area contributed by atoms with Crippen LogP contribution in [0.25, 0.3) is 0 Å². The number of ether oxygens (including phenoxy) is 2. The molecular formula is C30H38N2O4. The van der Waals surface area contributed by atoms with E-state index in [1.807, 2.05) is 36.4 Å². The molecule has 6 nitrogen and oxygen atoms in total. The van der Waals surface area contributed by atoms with E-state index in [9.17, 15) is 9.59 Å². The van der Waals surface area contributed by atoms with Crippen molar-refractivity contribution in [3.63, 3.8) is 0 Å². The smallest absolute Gasteiger partial charge is 0.411 e. The van der Waals surface area contributed by atoms with Crippen LogP contribution >= 0.6 is 0 Å². The van der Waals surface area contributed by atoms with Crippen LogP contribution in [-0.4, -0.2) is 25.4 Å². The topological polar surface area (TPSA) is 76.7 Å². The van der Waals surface area contributed by atoms with Gasteiger partial charge in [-0.3, -0.25) is 10.6 Å². The Morgan fingerprint density at radius 2 is 1.39 bits per heavy atom. The molecule has 36 heavy (non-hydrogen) atoms. The van der Waals surface area contributed by atoms with Crippen LogP contribution in [0.15, 0.2) is 84.0 Å². The first-order valence-electron chi connectivity index (χ1n) is 12.6. The lowest BCUT2D eigenvalue weighted by atomic mass is 9.62. The minimum atomic E-state index is -0.540. The lowest BCUT2D eigenvalue weighted by Crippen LogP contribution is -2.47. The molecule has 0 saturated carbocycles. The molecule has 0 unspecified atom stereocenters. The molecule has 2 aromatic rings. The van der Waals surface area contributed by atoms with E-state index in [0.717, 1.165) is 19.3 Å². The zero-order chi connectivity index (χ0) is 26.0. The van der Waals surface area contributed by atoms with Crippen molar-refractivity contribution in [2.24, 2.45) is 17.3 Å². The molecular weight excluding hydrogens is 452 g/mol. The quantitative estimate of drug-likeness (QED) is 0.351. The second-order valence-electron chi connectivity index (χ2n) is 9.91. The third-order valence-corrected chi connectivity index (χ3v) is 6.94. The lowest BCUT2D eigenvalue weighted by Gasteiger charge is -2.45. The number of carbonyl (C=O) groups excluding carboxylic acids is 2. The summed E-state index contributed by atoms with van der Waals surface area (Å²) in [4.78, 5) is 25.2. The summed E-state index contributed by atoms with van der Waals surface area (Å²) >= 11 is 0. The zero-order valence-corrected chi connectivity index (χ0v) is 21.8. The van der Waals surface area contributed by atoms with Gasteiger partial charge in [0.2, 0.25) is 0 Å². The molecule has 0 radical (unpaired) electrons. The van der Waals surface area contributed by atoms with Gasteiger partial charge in [-0.15, -0.1) is 0 Å². The second-order valence-corrected chi connectivity index (χ2v) is 9.91. The molecule has 0 bridgehead atoms. The molecule has 0 spiro atoms. The number of allylic oxidation sites excluding steroid dienone is 4. The van der Waals surface area contributed by atoms with Gasteiger partial charge in [-0.05, 0) is 69.2 Å². The Kier molecular flexibility index (Phi) is 9.74. The number of hydrogen-bond donors (Lipinski definition) is 2. The molecule has 0 fully saturated rings. The minimum absolute atomic E-state index is 0.0528. The van der Waals surface area contributed by atoms with Crippen molar-refractivity contribution in [1.29, 1.82) is 0 Å². The lowest BCUT2D eigenvalue weighted by molar-refractivity contribution is -0.0318. The molecule has 2 N–H and O–H groups in total. The first-order valence-corrected chi connectivity index (χ1v) is 12.6. The molecule has 2 amide bonds. The summed E-state index contributed by atoms with van der Waals surface area (Å²) in [5.41, 5.74) is 3.51. The number of anilines is 2. The van der Waals surface area contributed by atoms with Crippen LogP contribution in [0.5, 0.6) is 0 Å². The van der Waals surface area contributed by atoms with E-state index < -0.39 is 17.6 Å². The third-order valence-electron chi connectivity index (χ3n) is 6.94.